The summed E-state index contributed by atoms with van der Waals surface area (Å²) in [6, 6.07) is 60.8. The second-order valence-corrected chi connectivity index (χ2v) is 15.2. The van der Waals surface area contributed by atoms with Crippen molar-refractivity contribution in [1.29, 1.82) is 0 Å². The van der Waals surface area contributed by atoms with E-state index in [0.29, 0.717) is 0 Å². The van der Waals surface area contributed by atoms with Gasteiger partial charge in [-0.3, -0.25) is 4.98 Å². The third kappa shape index (κ3) is 4.88. The first-order valence-electron chi connectivity index (χ1n) is 18.2. The molecule has 0 bridgehead atoms. The first-order valence-corrected chi connectivity index (χ1v) is 18.2. The molecule has 246 valence electrons. The van der Waals surface area contributed by atoms with E-state index in [9.17, 15) is 0 Å². The molecule has 0 saturated carbocycles. The summed E-state index contributed by atoms with van der Waals surface area (Å²) in [6.07, 6.45) is 1.91. The van der Waals surface area contributed by atoms with Gasteiger partial charge in [-0.05, 0) is 129 Å². The SMILES string of the molecule is CC(C)(C)c1ccc2c(-c3ccc4ccccc4c3)c3cc(-c4cc5ccccc5c5ncccc45)ccc3c(-c3ccc4ccccc4c3)c2c1. The molecule has 0 aliphatic carbocycles. The Balaban J connectivity index is 1.37. The summed E-state index contributed by atoms with van der Waals surface area (Å²) in [4.78, 5) is 4.90. The second kappa shape index (κ2) is 11.6. The molecule has 52 heavy (non-hydrogen) atoms. The molecule has 10 rings (SSSR count). The monoisotopic (exact) mass is 663 g/mol. The van der Waals surface area contributed by atoms with Gasteiger partial charge in [-0.1, -0.05) is 148 Å². The largest absolute Gasteiger partial charge is 0.256 e. The third-order valence-electron chi connectivity index (χ3n) is 11.0. The zero-order chi connectivity index (χ0) is 35.0. The Morgan fingerprint density at radius 1 is 0.365 bits per heavy atom. The van der Waals surface area contributed by atoms with Gasteiger partial charge in [0.1, 0.15) is 0 Å². The molecule has 0 saturated heterocycles. The molecular formula is C51H37N. The van der Waals surface area contributed by atoms with Crippen molar-refractivity contribution in [2.45, 2.75) is 26.2 Å². The van der Waals surface area contributed by atoms with Crippen LogP contribution in [0, 0.1) is 0 Å². The standard InChI is InChI=1S/C51H37N/c1-51(2,3)40-23-25-43-47(31-40)49(39-21-19-33-12-5-7-14-35(33)28-39)42-24-22-37(30-46(42)48(43)38-20-18-32-11-4-6-13-34(32)27-38)45-29-36-15-8-9-16-41(36)50-44(45)17-10-26-52-50/h4-31H,1-3H3. The van der Waals surface area contributed by atoms with Crippen LogP contribution in [-0.4, -0.2) is 4.98 Å². The number of hydrogen-bond donors (Lipinski definition) is 0. The Morgan fingerprint density at radius 2 is 0.904 bits per heavy atom. The molecule has 1 aromatic heterocycles. The lowest BCUT2D eigenvalue weighted by molar-refractivity contribution is 0.591. The van der Waals surface area contributed by atoms with Gasteiger partial charge in [0.05, 0.1) is 5.52 Å². The Morgan fingerprint density at radius 3 is 1.56 bits per heavy atom. The summed E-state index contributed by atoms with van der Waals surface area (Å²) in [7, 11) is 0. The molecule has 0 amide bonds. The van der Waals surface area contributed by atoms with Crippen molar-refractivity contribution in [1.82, 2.24) is 4.98 Å². The van der Waals surface area contributed by atoms with Crippen molar-refractivity contribution < 1.29 is 0 Å². The maximum Gasteiger partial charge on any atom is 0.0786 e. The van der Waals surface area contributed by atoms with Crippen molar-refractivity contribution >= 4 is 64.8 Å². The number of aromatic nitrogens is 1. The van der Waals surface area contributed by atoms with Crippen molar-refractivity contribution in [3.05, 3.63) is 176 Å². The average molecular weight is 664 g/mol. The lowest BCUT2D eigenvalue weighted by Crippen LogP contribution is -2.10. The highest BCUT2D eigenvalue weighted by Gasteiger charge is 2.22. The van der Waals surface area contributed by atoms with Gasteiger partial charge in [0.15, 0.2) is 0 Å². The van der Waals surface area contributed by atoms with Crippen LogP contribution < -0.4 is 0 Å². The number of nitrogens with zero attached hydrogens (tertiary/aromatic N) is 1. The molecule has 0 unspecified atom stereocenters. The second-order valence-electron chi connectivity index (χ2n) is 15.2. The lowest BCUT2D eigenvalue weighted by Gasteiger charge is -2.23. The molecule has 0 radical (unpaired) electrons. The van der Waals surface area contributed by atoms with Crippen LogP contribution in [0.15, 0.2) is 170 Å². The summed E-state index contributed by atoms with van der Waals surface area (Å²) in [6.45, 7) is 6.93. The summed E-state index contributed by atoms with van der Waals surface area (Å²) in [5.74, 6) is 0. The maximum absolute atomic E-state index is 4.90. The minimum Gasteiger partial charge on any atom is -0.256 e. The quantitative estimate of drug-likeness (QED) is 0.135. The summed E-state index contributed by atoms with van der Waals surface area (Å²) >= 11 is 0. The van der Waals surface area contributed by atoms with E-state index in [1.165, 1.54) is 92.8 Å². The van der Waals surface area contributed by atoms with Crippen LogP contribution in [0.4, 0.5) is 0 Å². The Hall–Kier alpha value is -6.31. The maximum atomic E-state index is 4.90. The number of pyridine rings is 1. The fourth-order valence-corrected chi connectivity index (χ4v) is 8.32. The molecule has 1 heteroatoms. The van der Waals surface area contributed by atoms with Crippen LogP contribution >= 0.6 is 0 Å². The van der Waals surface area contributed by atoms with E-state index >= 15 is 0 Å². The number of hydrogen-bond acceptors (Lipinski definition) is 1. The lowest BCUT2D eigenvalue weighted by atomic mass is 9.80. The predicted molar refractivity (Wildman–Crippen MR) is 224 cm³/mol. The molecule has 0 atom stereocenters. The van der Waals surface area contributed by atoms with E-state index < -0.39 is 0 Å². The first kappa shape index (κ1) is 30.5. The highest BCUT2D eigenvalue weighted by Crippen LogP contribution is 2.47. The highest BCUT2D eigenvalue weighted by atomic mass is 14.6. The minimum absolute atomic E-state index is 0.00193. The summed E-state index contributed by atoms with van der Waals surface area (Å²) in [5, 5.41) is 13.6. The van der Waals surface area contributed by atoms with Crippen LogP contribution in [-0.2, 0) is 5.41 Å². The fraction of sp³-hybridized carbons (Fsp3) is 0.0784. The molecule has 10 aromatic rings. The highest BCUT2D eigenvalue weighted by molar-refractivity contribution is 6.23. The van der Waals surface area contributed by atoms with Gasteiger partial charge in [-0.25, -0.2) is 0 Å². The van der Waals surface area contributed by atoms with Gasteiger partial charge < -0.3 is 0 Å². The molecule has 1 heterocycles. The third-order valence-corrected chi connectivity index (χ3v) is 11.0. The van der Waals surface area contributed by atoms with Crippen LogP contribution in [0.3, 0.4) is 0 Å². The number of rotatable bonds is 3. The Bertz CT molecular complexity index is 3050. The van der Waals surface area contributed by atoms with Gasteiger partial charge in [-0.2, -0.15) is 0 Å². The number of fused-ring (bicyclic) bond motifs is 7. The normalized spacial score (nSPS) is 12.1. The fourth-order valence-electron chi connectivity index (χ4n) is 8.32. The first-order chi connectivity index (χ1) is 25.4. The topological polar surface area (TPSA) is 12.9 Å². The molecule has 0 N–H and O–H groups in total. The van der Waals surface area contributed by atoms with Crippen molar-refractivity contribution in [2.24, 2.45) is 0 Å². The molecule has 0 fully saturated rings. The van der Waals surface area contributed by atoms with Gasteiger partial charge in [0.25, 0.3) is 0 Å². The predicted octanol–water partition coefficient (Wildman–Crippen LogP) is 14.3. The van der Waals surface area contributed by atoms with Crippen molar-refractivity contribution in [3.8, 4) is 33.4 Å². The number of benzene rings is 9. The Kier molecular flexibility index (Phi) is 6.82. The van der Waals surface area contributed by atoms with Crippen LogP contribution in [0.5, 0.6) is 0 Å². The van der Waals surface area contributed by atoms with Crippen molar-refractivity contribution in [3.63, 3.8) is 0 Å². The van der Waals surface area contributed by atoms with E-state index in [0.717, 1.165) is 10.9 Å². The Labute approximate surface area is 303 Å². The molecule has 0 spiro atoms. The molecular weight excluding hydrogens is 627 g/mol. The van der Waals surface area contributed by atoms with Gasteiger partial charge in [0, 0.05) is 17.0 Å². The van der Waals surface area contributed by atoms with E-state index in [4.69, 9.17) is 4.98 Å². The van der Waals surface area contributed by atoms with Gasteiger partial charge >= 0.3 is 0 Å². The summed E-state index contributed by atoms with van der Waals surface area (Å²) < 4.78 is 0. The minimum atomic E-state index is 0.00193. The van der Waals surface area contributed by atoms with Crippen LogP contribution in [0.1, 0.15) is 26.3 Å². The van der Waals surface area contributed by atoms with Crippen LogP contribution in [0.2, 0.25) is 0 Å². The van der Waals surface area contributed by atoms with Crippen LogP contribution in [0.25, 0.3) is 98.1 Å². The van der Waals surface area contributed by atoms with Gasteiger partial charge in [-0.15, -0.1) is 0 Å². The van der Waals surface area contributed by atoms with E-state index in [-0.39, 0.29) is 5.41 Å². The van der Waals surface area contributed by atoms with E-state index in [2.05, 4.69) is 185 Å². The molecule has 9 aromatic carbocycles. The van der Waals surface area contributed by atoms with Gasteiger partial charge in [0.2, 0.25) is 0 Å². The zero-order valence-corrected chi connectivity index (χ0v) is 29.6. The smallest absolute Gasteiger partial charge is 0.0786 e. The summed E-state index contributed by atoms with van der Waals surface area (Å²) in [5.41, 5.74) is 9.77. The van der Waals surface area contributed by atoms with E-state index in [1.54, 1.807) is 0 Å². The zero-order valence-electron chi connectivity index (χ0n) is 29.6. The molecule has 1 nitrogen and oxygen atoms in total. The van der Waals surface area contributed by atoms with E-state index in [1.807, 2.05) is 6.20 Å². The molecule has 0 aliphatic rings. The van der Waals surface area contributed by atoms with Crippen molar-refractivity contribution in [2.75, 3.05) is 0 Å². The molecule has 0 aliphatic heterocycles. The average Bonchev–Trinajstić information content (AvgIpc) is 3.18.